The SMILES string of the molecule is [B]c1cc(CC)c(OCCCCC(C)(C)C#N)cc1OC(=O)c1ccccc1. The second-order valence-electron chi connectivity index (χ2n) is 7.41. The Morgan fingerprint density at radius 2 is 1.86 bits per heavy atom. The highest BCUT2D eigenvalue weighted by Gasteiger charge is 2.16. The van der Waals surface area contributed by atoms with Crippen LogP contribution >= 0.6 is 0 Å². The van der Waals surface area contributed by atoms with Crippen molar-refractivity contribution in [3.05, 3.63) is 53.6 Å². The van der Waals surface area contributed by atoms with Crippen LogP contribution in [0.1, 0.15) is 56.0 Å². The molecule has 0 fully saturated rings. The molecule has 0 aliphatic rings. The number of nitrogens with zero attached hydrogens (tertiary/aromatic N) is 1. The van der Waals surface area contributed by atoms with Crippen LogP contribution in [0.25, 0.3) is 0 Å². The minimum Gasteiger partial charge on any atom is -0.493 e. The number of nitriles is 1. The smallest absolute Gasteiger partial charge is 0.343 e. The second kappa shape index (κ2) is 9.99. The quantitative estimate of drug-likeness (QED) is 0.283. The van der Waals surface area contributed by atoms with Crippen LogP contribution in [0.4, 0.5) is 0 Å². The lowest BCUT2D eigenvalue weighted by Gasteiger charge is -2.16. The normalized spacial score (nSPS) is 10.9. The topological polar surface area (TPSA) is 59.3 Å². The largest absolute Gasteiger partial charge is 0.493 e. The van der Waals surface area contributed by atoms with Crippen LogP contribution in [-0.2, 0) is 6.42 Å². The van der Waals surface area contributed by atoms with Gasteiger partial charge in [0.2, 0.25) is 0 Å². The summed E-state index contributed by atoms with van der Waals surface area (Å²) in [5.41, 5.74) is 1.52. The van der Waals surface area contributed by atoms with Crippen molar-refractivity contribution in [1.29, 1.82) is 5.26 Å². The van der Waals surface area contributed by atoms with E-state index in [1.165, 1.54) is 0 Å². The number of benzene rings is 2. The zero-order chi connectivity index (χ0) is 20.6. The Bertz CT molecular complexity index is 841. The van der Waals surface area contributed by atoms with Gasteiger partial charge in [-0.05, 0) is 57.2 Å². The molecule has 0 aliphatic carbocycles. The fourth-order valence-electron chi connectivity index (χ4n) is 2.76. The van der Waals surface area contributed by atoms with E-state index in [0.717, 1.165) is 31.2 Å². The molecule has 5 heteroatoms. The zero-order valence-electron chi connectivity index (χ0n) is 16.8. The van der Waals surface area contributed by atoms with E-state index in [-0.39, 0.29) is 5.41 Å². The van der Waals surface area contributed by atoms with E-state index in [1.54, 1.807) is 36.4 Å². The number of hydrogen-bond acceptors (Lipinski definition) is 4. The summed E-state index contributed by atoms with van der Waals surface area (Å²) in [6, 6.07) is 14.6. The Morgan fingerprint density at radius 3 is 2.50 bits per heavy atom. The Balaban J connectivity index is 2.03. The molecule has 0 spiro atoms. The van der Waals surface area contributed by atoms with Crippen LogP contribution in [0, 0.1) is 16.7 Å². The van der Waals surface area contributed by atoms with E-state index in [2.05, 4.69) is 6.07 Å². The molecular weight excluding hydrogens is 349 g/mol. The minimum atomic E-state index is -0.457. The first kappa shape index (κ1) is 21.6. The molecule has 0 atom stereocenters. The summed E-state index contributed by atoms with van der Waals surface area (Å²) in [5.74, 6) is 0.514. The first-order valence-electron chi connectivity index (χ1n) is 9.60. The third-order valence-corrected chi connectivity index (χ3v) is 4.54. The average molecular weight is 375 g/mol. The number of aryl methyl sites for hydroxylation is 1. The molecule has 0 saturated heterocycles. The van der Waals surface area contributed by atoms with E-state index in [1.807, 2.05) is 26.8 Å². The summed E-state index contributed by atoms with van der Waals surface area (Å²) in [7, 11) is 6.07. The zero-order valence-corrected chi connectivity index (χ0v) is 16.8. The van der Waals surface area contributed by atoms with Gasteiger partial charge in [-0.2, -0.15) is 5.26 Å². The van der Waals surface area contributed by atoms with Crippen LogP contribution in [0.5, 0.6) is 11.5 Å². The molecule has 0 heterocycles. The van der Waals surface area contributed by atoms with Crippen molar-refractivity contribution < 1.29 is 14.3 Å². The van der Waals surface area contributed by atoms with Crippen LogP contribution in [0.15, 0.2) is 42.5 Å². The van der Waals surface area contributed by atoms with Crippen LogP contribution in [-0.4, -0.2) is 20.4 Å². The van der Waals surface area contributed by atoms with E-state index >= 15 is 0 Å². The molecule has 0 aliphatic heterocycles. The van der Waals surface area contributed by atoms with Gasteiger partial charge in [-0.1, -0.05) is 36.7 Å². The predicted octanol–water partition coefficient (Wildman–Crippen LogP) is 4.36. The molecule has 2 aromatic rings. The molecule has 144 valence electrons. The number of unbranched alkanes of at least 4 members (excludes halogenated alkanes) is 1. The van der Waals surface area contributed by atoms with E-state index in [9.17, 15) is 4.79 Å². The van der Waals surface area contributed by atoms with Crippen molar-refractivity contribution in [2.45, 2.75) is 46.5 Å². The maximum atomic E-state index is 12.3. The summed E-state index contributed by atoms with van der Waals surface area (Å²) in [4.78, 5) is 12.3. The molecule has 2 aromatic carbocycles. The number of carbonyl (C=O) groups excluding carboxylic acids is 1. The molecule has 0 aromatic heterocycles. The number of hydrogen-bond donors (Lipinski definition) is 0. The molecule has 28 heavy (non-hydrogen) atoms. The fourth-order valence-corrected chi connectivity index (χ4v) is 2.76. The van der Waals surface area contributed by atoms with Crippen LogP contribution in [0.2, 0.25) is 0 Å². The predicted molar refractivity (Wildman–Crippen MR) is 111 cm³/mol. The highest BCUT2D eigenvalue weighted by atomic mass is 16.5. The van der Waals surface area contributed by atoms with E-state index < -0.39 is 5.97 Å². The summed E-state index contributed by atoms with van der Waals surface area (Å²) < 4.78 is 11.4. The number of carbonyl (C=O) groups is 1. The van der Waals surface area contributed by atoms with Gasteiger partial charge in [0.1, 0.15) is 19.3 Å². The Hall–Kier alpha value is -2.74. The second-order valence-corrected chi connectivity index (χ2v) is 7.41. The van der Waals surface area contributed by atoms with Gasteiger partial charge in [0.05, 0.1) is 23.7 Å². The standard InChI is InChI=1S/C23H26BNO3/c1-4-17-14-19(24)21(28-22(26)18-10-6-5-7-11-18)15-20(17)27-13-9-8-12-23(2,3)16-25/h5-7,10-11,14-15H,4,8-9,12-13H2,1-3H3. The molecule has 0 amide bonds. The fraction of sp³-hybridized carbons (Fsp3) is 0.391. The first-order chi connectivity index (χ1) is 13.4. The van der Waals surface area contributed by atoms with Gasteiger partial charge in [-0.3, -0.25) is 0 Å². The lowest BCUT2D eigenvalue weighted by Crippen LogP contribution is -2.17. The third-order valence-electron chi connectivity index (χ3n) is 4.54. The van der Waals surface area contributed by atoms with Gasteiger partial charge >= 0.3 is 5.97 Å². The highest BCUT2D eigenvalue weighted by molar-refractivity contribution is 6.34. The molecule has 2 radical (unpaired) electrons. The Labute approximate surface area is 168 Å². The van der Waals surface area contributed by atoms with Crippen molar-refractivity contribution in [1.82, 2.24) is 0 Å². The summed E-state index contributed by atoms with van der Waals surface area (Å²) in [5, 5.41) is 9.07. The Kier molecular flexibility index (Phi) is 7.69. The van der Waals surface area contributed by atoms with Gasteiger partial charge in [0.15, 0.2) is 0 Å². The Morgan fingerprint density at radius 1 is 1.14 bits per heavy atom. The molecular formula is C23H26BNO3. The number of ether oxygens (including phenoxy) is 2. The third kappa shape index (κ3) is 6.16. The molecule has 0 bridgehead atoms. The van der Waals surface area contributed by atoms with E-state index in [4.69, 9.17) is 22.6 Å². The van der Waals surface area contributed by atoms with Crippen molar-refractivity contribution in [3.8, 4) is 17.6 Å². The van der Waals surface area contributed by atoms with Gasteiger partial charge in [0, 0.05) is 6.07 Å². The summed E-state index contributed by atoms with van der Waals surface area (Å²) >= 11 is 0. The molecule has 4 nitrogen and oxygen atoms in total. The van der Waals surface area contributed by atoms with Crippen molar-refractivity contribution in [2.24, 2.45) is 5.41 Å². The maximum Gasteiger partial charge on any atom is 0.343 e. The summed E-state index contributed by atoms with van der Waals surface area (Å²) in [6.45, 7) is 6.43. The highest BCUT2D eigenvalue weighted by Crippen LogP contribution is 2.26. The minimum absolute atomic E-state index is 0.298. The molecule has 0 saturated carbocycles. The van der Waals surface area contributed by atoms with E-state index in [0.29, 0.717) is 29.1 Å². The van der Waals surface area contributed by atoms with Crippen LogP contribution < -0.4 is 14.9 Å². The maximum absolute atomic E-state index is 12.3. The average Bonchev–Trinajstić information content (AvgIpc) is 2.70. The van der Waals surface area contributed by atoms with Crippen molar-refractivity contribution in [3.63, 3.8) is 0 Å². The molecule has 0 N–H and O–H groups in total. The van der Waals surface area contributed by atoms with Gasteiger partial charge in [-0.25, -0.2) is 4.79 Å². The van der Waals surface area contributed by atoms with Crippen LogP contribution in [0.3, 0.4) is 0 Å². The lowest BCUT2D eigenvalue weighted by molar-refractivity contribution is 0.0736. The lowest BCUT2D eigenvalue weighted by atomic mass is 9.89. The number of esters is 1. The van der Waals surface area contributed by atoms with Gasteiger partial charge in [0.25, 0.3) is 0 Å². The molecule has 2 rings (SSSR count). The molecule has 0 unspecified atom stereocenters. The van der Waals surface area contributed by atoms with Gasteiger partial charge < -0.3 is 9.47 Å². The van der Waals surface area contributed by atoms with Crippen molar-refractivity contribution in [2.75, 3.05) is 6.61 Å². The number of rotatable bonds is 9. The van der Waals surface area contributed by atoms with Crippen molar-refractivity contribution >= 4 is 19.3 Å². The summed E-state index contributed by atoms with van der Waals surface area (Å²) in [6.07, 6.45) is 3.34. The van der Waals surface area contributed by atoms with Gasteiger partial charge in [-0.15, -0.1) is 0 Å². The monoisotopic (exact) mass is 375 g/mol. The first-order valence-corrected chi connectivity index (χ1v) is 9.60.